The molecule has 0 spiro atoms. The van der Waals surface area contributed by atoms with Gasteiger partial charge >= 0.3 is 0 Å². The number of para-hydroxylation sites is 2. The first-order valence-corrected chi connectivity index (χ1v) is 20.4. The van der Waals surface area contributed by atoms with Gasteiger partial charge in [-0.3, -0.25) is 0 Å². The summed E-state index contributed by atoms with van der Waals surface area (Å²) in [4.78, 5) is 4.94. The fourth-order valence-electron chi connectivity index (χ4n) is 9.83. The maximum absolute atomic E-state index is 6.45. The Morgan fingerprint density at radius 2 is 1.05 bits per heavy atom. The van der Waals surface area contributed by atoms with Crippen molar-refractivity contribution in [3.8, 4) is 11.1 Å². The Kier molecular flexibility index (Phi) is 6.41. The van der Waals surface area contributed by atoms with Gasteiger partial charge in [0.1, 0.15) is 11.2 Å². The summed E-state index contributed by atoms with van der Waals surface area (Å²) in [5.41, 5.74) is 15.3. The van der Waals surface area contributed by atoms with Gasteiger partial charge in [-0.2, -0.15) is 0 Å². The molecule has 57 heavy (non-hydrogen) atoms. The molecule has 4 heterocycles. The van der Waals surface area contributed by atoms with Crippen LogP contribution in [0.3, 0.4) is 0 Å². The SMILES string of the molecule is c1ccc2c(c1)B1c3ccccc3N(c3ccc4oc5ccc6ccccc6c5c4c3)c3cccc(c31)N2c1ccc(-c2cccc3c2sc2ccccc23)cc1. The normalized spacial score (nSPS) is 13.2. The zero-order valence-corrected chi connectivity index (χ0v) is 31.5. The molecule has 264 valence electrons. The molecule has 0 atom stereocenters. The molecule has 0 saturated carbocycles. The third kappa shape index (κ3) is 4.37. The van der Waals surface area contributed by atoms with E-state index in [1.165, 1.54) is 81.2 Å². The largest absolute Gasteiger partial charge is 0.456 e. The summed E-state index contributed by atoms with van der Waals surface area (Å²) in [6.45, 7) is 0.0865. The Morgan fingerprint density at radius 3 is 1.86 bits per heavy atom. The second-order valence-corrected chi connectivity index (χ2v) is 16.3. The van der Waals surface area contributed by atoms with Crippen molar-refractivity contribution < 1.29 is 4.42 Å². The van der Waals surface area contributed by atoms with Crippen LogP contribution in [0.5, 0.6) is 0 Å². The molecule has 2 aliphatic heterocycles. The summed E-state index contributed by atoms with van der Waals surface area (Å²) in [5.74, 6) is 0. The third-order valence-electron chi connectivity index (χ3n) is 12.3. The number of benzene rings is 9. The van der Waals surface area contributed by atoms with Gasteiger partial charge in [-0.05, 0) is 105 Å². The van der Waals surface area contributed by atoms with E-state index in [2.05, 4.69) is 198 Å². The van der Waals surface area contributed by atoms with E-state index in [4.69, 9.17) is 4.42 Å². The summed E-state index contributed by atoms with van der Waals surface area (Å²) in [5, 5.41) is 7.36. The summed E-state index contributed by atoms with van der Waals surface area (Å²) in [6, 6.07) is 69.0. The zero-order chi connectivity index (χ0) is 37.2. The van der Waals surface area contributed by atoms with Gasteiger partial charge in [0.05, 0.1) is 0 Å². The number of nitrogens with zero attached hydrogens (tertiary/aromatic N) is 2. The number of furan rings is 1. The van der Waals surface area contributed by atoms with Crippen LogP contribution >= 0.6 is 11.3 Å². The molecule has 11 aromatic rings. The predicted octanol–water partition coefficient (Wildman–Crippen LogP) is 12.9. The number of thiophene rings is 1. The topological polar surface area (TPSA) is 19.6 Å². The number of rotatable bonds is 3. The molecule has 0 radical (unpaired) electrons. The lowest BCUT2D eigenvalue weighted by Gasteiger charge is -2.44. The Bertz CT molecular complexity index is 3450. The van der Waals surface area contributed by atoms with Crippen molar-refractivity contribution in [2.75, 3.05) is 9.80 Å². The summed E-state index contributed by atoms with van der Waals surface area (Å²) >= 11 is 1.88. The van der Waals surface area contributed by atoms with Crippen molar-refractivity contribution >= 4 is 121 Å². The van der Waals surface area contributed by atoms with E-state index in [1.54, 1.807) is 0 Å². The highest BCUT2D eigenvalue weighted by Gasteiger charge is 2.42. The second-order valence-electron chi connectivity index (χ2n) is 15.2. The minimum atomic E-state index is 0.0865. The highest BCUT2D eigenvalue weighted by Crippen LogP contribution is 2.46. The number of fused-ring (bicyclic) bond motifs is 12. The van der Waals surface area contributed by atoms with E-state index < -0.39 is 0 Å². The second kappa shape index (κ2) is 11.7. The molecule has 0 unspecified atom stereocenters. The molecule has 0 saturated heterocycles. The van der Waals surface area contributed by atoms with Gasteiger partial charge in [-0.25, -0.2) is 0 Å². The van der Waals surface area contributed by atoms with Gasteiger partial charge in [-0.15, -0.1) is 11.3 Å². The van der Waals surface area contributed by atoms with Crippen LogP contribution in [0.25, 0.3) is 64.0 Å². The lowest BCUT2D eigenvalue weighted by atomic mass is 9.33. The van der Waals surface area contributed by atoms with Crippen LogP contribution in [-0.2, 0) is 0 Å². The van der Waals surface area contributed by atoms with Gasteiger partial charge < -0.3 is 14.2 Å². The fourth-order valence-corrected chi connectivity index (χ4v) is 11.1. The lowest BCUT2D eigenvalue weighted by Crippen LogP contribution is -2.61. The Labute approximate surface area is 333 Å². The third-order valence-corrected chi connectivity index (χ3v) is 13.5. The minimum absolute atomic E-state index is 0.0865. The van der Waals surface area contributed by atoms with E-state index in [-0.39, 0.29) is 6.71 Å². The van der Waals surface area contributed by atoms with E-state index in [9.17, 15) is 0 Å². The molecular weight excluding hydrogens is 711 g/mol. The molecule has 0 fully saturated rings. The van der Waals surface area contributed by atoms with E-state index in [0.717, 1.165) is 33.3 Å². The average molecular weight is 743 g/mol. The zero-order valence-electron chi connectivity index (χ0n) is 30.7. The number of hydrogen-bond donors (Lipinski definition) is 0. The van der Waals surface area contributed by atoms with Crippen molar-refractivity contribution in [2.45, 2.75) is 0 Å². The van der Waals surface area contributed by atoms with Crippen LogP contribution in [-0.4, -0.2) is 6.71 Å². The van der Waals surface area contributed by atoms with Gasteiger partial charge in [0.15, 0.2) is 0 Å². The van der Waals surface area contributed by atoms with Gasteiger partial charge in [-0.1, -0.05) is 121 Å². The predicted molar refractivity (Wildman–Crippen MR) is 244 cm³/mol. The molecular formula is C52H31BN2OS. The molecule has 0 aliphatic carbocycles. The summed E-state index contributed by atoms with van der Waals surface area (Å²) in [6.07, 6.45) is 0. The smallest absolute Gasteiger partial charge is 0.252 e. The van der Waals surface area contributed by atoms with Crippen LogP contribution in [0, 0.1) is 0 Å². The van der Waals surface area contributed by atoms with Crippen molar-refractivity contribution in [2.24, 2.45) is 0 Å². The van der Waals surface area contributed by atoms with E-state index in [0.29, 0.717) is 0 Å². The number of anilines is 6. The molecule has 3 nitrogen and oxygen atoms in total. The van der Waals surface area contributed by atoms with E-state index >= 15 is 0 Å². The molecule has 2 aliphatic rings. The quantitative estimate of drug-likeness (QED) is 0.168. The van der Waals surface area contributed by atoms with Crippen molar-refractivity contribution in [1.29, 1.82) is 0 Å². The maximum atomic E-state index is 6.45. The number of hydrogen-bond acceptors (Lipinski definition) is 4. The molecule has 9 aromatic carbocycles. The van der Waals surface area contributed by atoms with Crippen molar-refractivity contribution in [3.05, 3.63) is 188 Å². The summed E-state index contributed by atoms with van der Waals surface area (Å²) in [7, 11) is 0. The first kappa shape index (κ1) is 31.2. The fraction of sp³-hybridized carbons (Fsp3) is 0. The molecule has 0 bridgehead atoms. The van der Waals surface area contributed by atoms with Crippen LogP contribution in [0.2, 0.25) is 0 Å². The van der Waals surface area contributed by atoms with Crippen molar-refractivity contribution in [3.63, 3.8) is 0 Å². The molecule has 0 N–H and O–H groups in total. The lowest BCUT2D eigenvalue weighted by molar-refractivity contribution is 0.669. The van der Waals surface area contributed by atoms with Crippen LogP contribution < -0.4 is 26.2 Å². The highest BCUT2D eigenvalue weighted by molar-refractivity contribution is 7.26. The first-order chi connectivity index (χ1) is 28.3. The summed E-state index contributed by atoms with van der Waals surface area (Å²) < 4.78 is 9.12. The average Bonchev–Trinajstić information content (AvgIpc) is 3.85. The van der Waals surface area contributed by atoms with Gasteiger partial charge in [0.25, 0.3) is 6.71 Å². The van der Waals surface area contributed by atoms with Crippen LogP contribution in [0.15, 0.2) is 192 Å². The Hall–Kier alpha value is -7.08. The Balaban J connectivity index is 0.995. The van der Waals surface area contributed by atoms with E-state index in [1.807, 2.05) is 11.3 Å². The van der Waals surface area contributed by atoms with Gasteiger partial charge in [0, 0.05) is 65.1 Å². The van der Waals surface area contributed by atoms with Gasteiger partial charge in [0.2, 0.25) is 0 Å². The molecule has 5 heteroatoms. The monoisotopic (exact) mass is 742 g/mol. The molecule has 2 aromatic heterocycles. The van der Waals surface area contributed by atoms with Crippen LogP contribution in [0.1, 0.15) is 0 Å². The van der Waals surface area contributed by atoms with Crippen molar-refractivity contribution in [1.82, 2.24) is 0 Å². The first-order valence-electron chi connectivity index (χ1n) is 19.5. The Morgan fingerprint density at radius 1 is 0.439 bits per heavy atom. The van der Waals surface area contributed by atoms with Crippen LogP contribution in [0.4, 0.5) is 34.1 Å². The molecule has 13 rings (SSSR count). The highest BCUT2D eigenvalue weighted by atomic mass is 32.1. The molecule has 0 amide bonds. The maximum Gasteiger partial charge on any atom is 0.252 e. The minimum Gasteiger partial charge on any atom is -0.456 e. The standard InChI is InChI=1S/C52H31BN2OS/c1-2-12-36-32(11-1)25-29-48-50(36)40-31-35(28-30-47(40)56-48)55-44-19-7-5-17-42(44)53-41-16-4-6-18-43(41)54(45-20-10-21-46(55)51(45)53)34-26-23-33(24-27-34)37-14-9-15-39-38-13-3-8-22-49(38)57-52(37)39/h1-31H.